The van der Waals surface area contributed by atoms with E-state index >= 15 is 0 Å². The molecule has 1 heterocycles. The highest BCUT2D eigenvalue weighted by atomic mass is 35.5. The first-order valence-corrected chi connectivity index (χ1v) is 11.6. The van der Waals surface area contributed by atoms with Crippen molar-refractivity contribution in [1.29, 1.82) is 0 Å². The van der Waals surface area contributed by atoms with Gasteiger partial charge in [0.25, 0.3) is 0 Å². The van der Waals surface area contributed by atoms with E-state index < -0.39 is 9.84 Å². The van der Waals surface area contributed by atoms with Gasteiger partial charge in [0.2, 0.25) is 0 Å². The van der Waals surface area contributed by atoms with Crippen LogP contribution in [0.3, 0.4) is 0 Å². The Morgan fingerprint density at radius 1 is 1.00 bits per heavy atom. The summed E-state index contributed by atoms with van der Waals surface area (Å²) in [6.07, 6.45) is 3.14. The van der Waals surface area contributed by atoms with E-state index in [2.05, 4.69) is 25.8 Å². The fraction of sp³-hybridized carbons (Fsp3) is 0.250. The van der Waals surface area contributed by atoms with Crippen LogP contribution in [-0.2, 0) is 21.0 Å². The molecule has 156 valence electrons. The second kappa shape index (κ2) is 8.32. The average molecular weight is 442 g/mol. The first-order valence-electron chi connectivity index (χ1n) is 9.56. The van der Waals surface area contributed by atoms with E-state index in [0.29, 0.717) is 21.7 Å². The third-order valence-electron chi connectivity index (χ3n) is 5.01. The van der Waals surface area contributed by atoms with Gasteiger partial charge in [-0.05, 0) is 59.4 Å². The molecule has 0 aliphatic rings. The van der Waals surface area contributed by atoms with Gasteiger partial charge in [-0.15, -0.1) is 0 Å². The number of carbonyl (C=O) groups is 1. The number of hydrogen-bond donors (Lipinski definition) is 0. The van der Waals surface area contributed by atoms with Gasteiger partial charge in [0.15, 0.2) is 15.6 Å². The minimum Gasteiger partial charge on any atom is -0.289 e. The maximum atomic E-state index is 13.1. The van der Waals surface area contributed by atoms with E-state index in [0.717, 1.165) is 5.56 Å². The molecular formula is C24H24ClNO3S. The monoisotopic (exact) mass is 441 g/mol. The summed E-state index contributed by atoms with van der Waals surface area (Å²) in [6.45, 7) is 8.01. The molecule has 0 amide bonds. The Hall–Kier alpha value is -2.50. The van der Waals surface area contributed by atoms with Gasteiger partial charge >= 0.3 is 0 Å². The summed E-state index contributed by atoms with van der Waals surface area (Å²) >= 11 is 6.12. The largest absolute Gasteiger partial charge is 0.289 e. The third-order valence-corrected chi connectivity index (χ3v) is 6.92. The van der Waals surface area contributed by atoms with Crippen LogP contribution in [0.25, 0.3) is 0 Å². The molecule has 0 saturated carbocycles. The molecule has 0 atom stereocenters. The highest BCUT2D eigenvalue weighted by molar-refractivity contribution is 7.90. The van der Waals surface area contributed by atoms with Crippen LogP contribution < -0.4 is 0 Å². The molecule has 4 nitrogen and oxygen atoms in total. The zero-order valence-corrected chi connectivity index (χ0v) is 19.0. The Bertz CT molecular complexity index is 1190. The highest BCUT2D eigenvalue weighted by Crippen LogP contribution is 2.27. The second-order valence-electron chi connectivity index (χ2n) is 8.35. The molecule has 30 heavy (non-hydrogen) atoms. The molecule has 0 saturated heterocycles. The number of sulfone groups is 1. The molecular weight excluding hydrogens is 418 g/mol. The summed E-state index contributed by atoms with van der Waals surface area (Å²) in [5.41, 5.74) is 2.87. The van der Waals surface area contributed by atoms with Crippen molar-refractivity contribution in [2.75, 3.05) is 0 Å². The molecule has 2 aromatic carbocycles. The predicted molar refractivity (Wildman–Crippen MR) is 120 cm³/mol. The van der Waals surface area contributed by atoms with Gasteiger partial charge in [0.05, 0.1) is 10.6 Å². The molecule has 3 rings (SSSR count). The quantitative estimate of drug-likeness (QED) is 0.487. The van der Waals surface area contributed by atoms with Crippen molar-refractivity contribution in [1.82, 2.24) is 4.98 Å². The van der Waals surface area contributed by atoms with Gasteiger partial charge in [0.1, 0.15) is 0 Å². The molecule has 3 aromatic rings. The minimum absolute atomic E-state index is 0.0690. The zero-order chi connectivity index (χ0) is 22.1. The molecule has 0 spiro atoms. The Balaban J connectivity index is 1.99. The summed E-state index contributed by atoms with van der Waals surface area (Å²) in [6, 6.07) is 13.3. The summed E-state index contributed by atoms with van der Waals surface area (Å²) in [7, 11) is -3.64. The van der Waals surface area contributed by atoms with Crippen LogP contribution in [0.15, 0.2) is 65.8 Å². The SMILES string of the molecule is Cc1cnccc1C(=O)c1cc(Cl)ccc1CS(=O)(=O)c1ccc(C(C)(C)C)cc1. The van der Waals surface area contributed by atoms with Crippen LogP contribution in [0.2, 0.25) is 5.02 Å². The lowest BCUT2D eigenvalue weighted by atomic mass is 9.87. The molecule has 0 N–H and O–H groups in total. The molecule has 0 unspecified atom stereocenters. The lowest BCUT2D eigenvalue weighted by Crippen LogP contribution is -2.13. The number of ketones is 1. The number of rotatable bonds is 5. The first-order chi connectivity index (χ1) is 14.0. The fourth-order valence-electron chi connectivity index (χ4n) is 3.21. The summed E-state index contributed by atoms with van der Waals surface area (Å²) in [5, 5.41) is 0.376. The number of pyridine rings is 1. The van der Waals surface area contributed by atoms with Crippen molar-refractivity contribution < 1.29 is 13.2 Å². The van der Waals surface area contributed by atoms with Gasteiger partial charge in [0, 0.05) is 28.5 Å². The minimum atomic E-state index is -3.64. The lowest BCUT2D eigenvalue weighted by molar-refractivity contribution is 0.103. The fourth-order valence-corrected chi connectivity index (χ4v) is 4.76. The Kier molecular flexibility index (Phi) is 6.16. The number of nitrogens with zero attached hydrogens (tertiary/aromatic N) is 1. The van der Waals surface area contributed by atoms with Gasteiger partial charge < -0.3 is 0 Å². The summed E-state index contributed by atoms with van der Waals surface area (Å²) < 4.78 is 26.1. The number of halogens is 1. The van der Waals surface area contributed by atoms with Crippen molar-refractivity contribution in [2.45, 2.75) is 43.8 Å². The van der Waals surface area contributed by atoms with Crippen molar-refractivity contribution in [3.63, 3.8) is 0 Å². The van der Waals surface area contributed by atoms with Crippen molar-refractivity contribution in [3.05, 3.63) is 93.8 Å². The van der Waals surface area contributed by atoms with E-state index in [1.807, 2.05) is 12.1 Å². The summed E-state index contributed by atoms with van der Waals surface area (Å²) in [5.74, 6) is -0.560. The van der Waals surface area contributed by atoms with Crippen LogP contribution in [0.5, 0.6) is 0 Å². The van der Waals surface area contributed by atoms with Crippen molar-refractivity contribution in [2.24, 2.45) is 0 Å². The van der Waals surface area contributed by atoms with Gasteiger partial charge in [-0.1, -0.05) is 50.6 Å². The van der Waals surface area contributed by atoms with Crippen LogP contribution >= 0.6 is 11.6 Å². The van der Waals surface area contributed by atoms with E-state index in [1.165, 1.54) is 12.3 Å². The van der Waals surface area contributed by atoms with Crippen LogP contribution in [-0.4, -0.2) is 19.2 Å². The van der Waals surface area contributed by atoms with Crippen molar-refractivity contribution >= 4 is 27.2 Å². The number of hydrogen-bond acceptors (Lipinski definition) is 4. The standard InChI is InChI=1S/C24H24ClNO3S/c1-16-14-26-12-11-21(16)23(27)22-13-19(25)8-5-17(22)15-30(28,29)20-9-6-18(7-10-20)24(2,3)4/h5-14H,15H2,1-4H3. The maximum Gasteiger partial charge on any atom is 0.193 e. The second-order valence-corrected chi connectivity index (χ2v) is 10.8. The normalized spacial score (nSPS) is 12.0. The maximum absolute atomic E-state index is 13.1. The van der Waals surface area contributed by atoms with Crippen molar-refractivity contribution in [3.8, 4) is 0 Å². The molecule has 1 aromatic heterocycles. The molecule has 0 radical (unpaired) electrons. The molecule has 0 aliphatic carbocycles. The van der Waals surface area contributed by atoms with E-state index in [-0.39, 0.29) is 27.4 Å². The van der Waals surface area contributed by atoms with E-state index in [4.69, 9.17) is 11.6 Å². The Labute approximate surface area is 182 Å². The van der Waals surface area contributed by atoms with Gasteiger partial charge in [-0.25, -0.2) is 8.42 Å². The smallest absolute Gasteiger partial charge is 0.193 e. The zero-order valence-electron chi connectivity index (χ0n) is 17.4. The number of aryl methyl sites for hydroxylation is 1. The third kappa shape index (κ3) is 4.79. The number of carbonyl (C=O) groups excluding carboxylic acids is 1. The van der Waals surface area contributed by atoms with Gasteiger partial charge in [-0.2, -0.15) is 0 Å². The Morgan fingerprint density at radius 3 is 2.27 bits per heavy atom. The first kappa shape index (κ1) is 22.2. The van der Waals surface area contributed by atoms with E-state index in [9.17, 15) is 13.2 Å². The Morgan fingerprint density at radius 2 is 1.67 bits per heavy atom. The topological polar surface area (TPSA) is 64.1 Å². The average Bonchev–Trinajstić information content (AvgIpc) is 2.68. The van der Waals surface area contributed by atoms with Crippen LogP contribution in [0.4, 0.5) is 0 Å². The van der Waals surface area contributed by atoms with Gasteiger partial charge in [-0.3, -0.25) is 9.78 Å². The molecule has 0 fully saturated rings. The lowest BCUT2D eigenvalue weighted by Gasteiger charge is -2.19. The molecule has 6 heteroatoms. The molecule has 0 bridgehead atoms. The van der Waals surface area contributed by atoms with Crippen LogP contribution in [0.1, 0.15) is 53.4 Å². The van der Waals surface area contributed by atoms with Crippen LogP contribution in [0, 0.1) is 6.92 Å². The highest BCUT2D eigenvalue weighted by Gasteiger charge is 2.23. The number of aromatic nitrogens is 1. The summed E-state index contributed by atoms with van der Waals surface area (Å²) in [4.78, 5) is 17.4. The predicted octanol–water partition coefficient (Wildman–Crippen LogP) is 5.55. The van der Waals surface area contributed by atoms with E-state index in [1.54, 1.807) is 43.5 Å². The molecule has 0 aliphatic heterocycles. The number of benzene rings is 2.